The van der Waals surface area contributed by atoms with Crippen LogP contribution in [0, 0.1) is 17.8 Å². The van der Waals surface area contributed by atoms with Gasteiger partial charge < -0.3 is 30.1 Å². The lowest BCUT2D eigenvalue weighted by Gasteiger charge is -2.56. The summed E-state index contributed by atoms with van der Waals surface area (Å²) in [6, 6.07) is 17.6. The summed E-state index contributed by atoms with van der Waals surface area (Å²) in [5.74, 6) is 3.09. The van der Waals surface area contributed by atoms with E-state index in [4.69, 9.17) is 9.47 Å². The quantitative estimate of drug-likeness (QED) is 0.300. The normalized spacial score (nSPS) is 31.9. The molecule has 3 atom stereocenters. The van der Waals surface area contributed by atoms with E-state index in [1.165, 1.54) is 19.3 Å². The second kappa shape index (κ2) is 13.1. The van der Waals surface area contributed by atoms with Gasteiger partial charge in [-0.15, -0.1) is 0 Å². The molecule has 2 aliphatic heterocycles. The van der Waals surface area contributed by atoms with Crippen LogP contribution >= 0.6 is 0 Å². The van der Waals surface area contributed by atoms with Crippen LogP contribution in [-0.2, 0) is 16.1 Å². The van der Waals surface area contributed by atoms with Crippen molar-refractivity contribution in [1.29, 1.82) is 0 Å². The average Bonchev–Trinajstić information content (AvgIpc) is 3.08. The minimum atomic E-state index is -0.580. The van der Waals surface area contributed by atoms with Crippen molar-refractivity contribution in [2.24, 2.45) is 17.8 Å². The molecule has 3 aromatic rings. The number of rotatable bonds is 8. The number of aromatic nitrogens is 2. The maximum Gasteiger partial charge on any atom is 0.319 e. The molecular formula is C37H46N6O4. The van der Waals surface area contributed by atoms with E-state index in [1.807, 2.05) is 54.6 Å². The van der Waals surface area contributed by atoms with E-state index >= 15 is 0 Å². The van der Waals surface area contributed by atoms with Crippen molar-refractivity contribution in [1.82, 2.24) is 20.2 Å². The van der Waals surface area contributed by atoms with Gasteiger partial charge in [0.05, 0.1) is 18.8 Å². The van der Waals surface area contributed by atoms with Gasteiger partial charge in [0.25, 0.3) is 0 Å². The van der Waals surface area contributed by atoms with E-state index in [0.29, 0.717) is 0 Å². The van der Waals surface area contributed by atoms with Gasteiger partial charge in [-0.25, -0.2) is 14.8 Å². The highest BCUT2D eigenvalue weighted by atomic mass is 16.7. The number of hydrogen-bond acceptors (Lipinski definition) is 8. The van der Waals surface area contributed by atoms with Crippen LogP contribution in [0.1, 0.15) is 74.0 Å². The van der Waals surface area contributed by atoms with Crippen molar-refractivity contribution in [2.75, 3.05) is 42.9 Å². The Morgan fingerprint density at radius 2 is 1.55 bits per heavy atom. The number of carbonyl (C=O) groups excluding carboxylic acids is 1. The number of benzene rings is 2. The SMILES string of the molecule is O=C(Nc1cccc(C2OC(CN3CCN(c4ncccn4)CC3)CC(c3ccc(CO)cc3)O2)c1)NC12CC3CC(CC(C3)C1)C2. The van der Waals surface area contributed by atoms with E-state index in [-0.39, 0.29) is 30.4 Å². The first-order chi connectivity index (χ1) is 23.0. The number of nitrogens with zero attached hydrogens (tertiary/aromatic N) is 4. The summed E-state index contributed by atoms with van der Waals surface area (Å²) in [4.78, 5) is 26.9. The third-order valence-electron chi connectivity index (χ3n) is 11.1. The summed E-state index contributed by atoms with van der Waals surface area (Å²) in [5.41, 5.74) is 3.51. The largest absolute Gasteiger partial charge is 0.392 e. The molecule has 3 N–H and O–H groups in total. The van der Waals surface area contributed by atoms with Gasteiger partial charge in [0.2, 0.25) is 5.95 Å². The number of aliphatic hydroxyl groups excluding tert-OH is 1. The summed E-state index contributed by atoms with van der Waals surface area (Å²) in [7, 11) is 0. The lowest BCUT2D eigenvalue weighted by atomic mass is 9.53. The van der Waals surface area contributed by atoms with E-state index in [1.54, 1.807) is 12.4 Å². The van der Waals surface area contributed by atoms with Gasteiger partial charge in [-0.3, -0.25) is 4.90 Å². The number of ether oxygens (including phenoxy) is 2. The Kier molecular flexibility index (Phi) is 8.60. The summed E-state index contributed by atoms with van der Waals surface area (Å²) in [6.45, 7) is 4.33. The molecule has 2 amide bonds. The predicted molar refractivity (Wildman–Crippen MR) is 179 cm³/mol. The lowest BCUT2D eigenvalue weighted by Crippen LogP contribution is -2.60. The fourth-order valence-corrected chi connectivity index (χ4v) is 9.34. The third kappa shape index (κ3) is 6.88. The second-order valence-corrected chi connectivity index (χ2v) is 14.6. The zero-order chi connectivity index (χ0) is 31.8. The molecule has 1 aromatic heterocycles. The fraction of sp³-hybridized carbons (Fsp3) is 0.541. The van der Waals surface area contributed by atoms with Crippen LogP contribution in [0.3, 0.4) is 0 Å². The minimum absolute atomic E-state index is 0.0103. The Morgan fingerprint density at radius 3 is 2.23 bits per heavy atom. The predicted octanol–water partition coefficient (Wildman–Crippen LogP) is 5.43. The van der Waals surface area contributed by atoms with E-state index in [2.05, 4.69) is 30.4 Å². The molecule has 9 rings (SSSR count). The number of amides is 2. The molecule has 248 valence electrons. The number of urea groups is 1. The number of piperazine rings is 1. The van der Waals surface area contributed by atoms with Crippen molar-refractivity contribution < 1.29 is 19.4 Å². The highest BCUT2D eigenvalue weighted by Crippen LogP contribution is 2.55. The number of carbonyl (C=O) groups is 1. The van der Waals surface area contributed by atoms with Gasteiger partial charge in [-0.1, -0.05) is 36.4 Å². The van der Waals surface area contributed by atoms with Gasteiger partial charge >= 0.3 is 6.03 Å². The molecule has 3 heterocycles. The number of aliphatic hydroxyl groups is 1. The smallest absolute Gasteiger partial charge is 0.319 e. The van der Waals surface area contributed by atoms with Crippen molar-refractivity contribution in [3.63, 3.8) is 0 Å². The first-order valence-electron chi connectivity index (χ1n) is 17.4. The van der Waals surface area contributed by atoms with Crippen LogP contribution in [0.2, 0.25) is 0 Å². The molecule has 0 spiro atoms. The second-order valence-electron chi connectivity index (χ2n) is 14.6. The van der Waals surface area contributed by atoms with E-state index < -0.39 is 6.29 Å². The Bertz CT molecular complexity index is 1490. The van der Waals surface area contributed by atoms with Crippen LogP contribution in [0.4, 0.5) is 16.4 Å². The molecular weight excluding hydrogens is 592 g/mol. The van der Waals surface area contributed by atoms with E-state index in [9.17, 15) is 9.90 Å². The summed E-state index contributed by atoms with van der Waals surface area (Å²) in [6.07, 6.45) is 10.9. The molecule has 6 fully saturated rings. The van der Waals surface area contributed by atoms with Crippen molar-refractivity contribution in [3.05, 3.63) is 83.7 Å². The minimum Gasteiger partial charge on any atom is -0.392 e. The standard InChI is InChI=1S/C37H46N6O4/c44-24-25-5-7-29(8-6-25)33-19-32(23-42-11-13-43(14-12-42)35-38-9-2-10-39-35)46-34(47-33)30-3-1-4-31(18-30)40-36(45)41-37-20-26-15-27(21-37)17-28(16-26)22-37/h1-10,18,26-28,32-34,44H,11-17,19-24H2,(H2,40,41,45). The third-order valence-corrected chi connectivity index (χ3v) is 11.1. The summed E-state index contributed by atoms with van der Waals surface area (Å²) in [5, 5.41) is 16.1. The molecule has 4 aliphatic carbocycles. The molecule has 10 heteroatoms. The maximum atomic E-state index is 13.3. The Hall–Kier alpha value is -3.57. The van der Waals surface area contributed by atoms with Crippen LogP contribution in [0.5, 0.6) is 0 Å². The molecule has 10 nitrogen and oxygen atoms in total. The molecule has 47 heavy (non-hydrogen) atoms. The topological polar surface area (TPSA) is 112 Å². The van der Waals surface area contributed by atoms with Gasteiger partial charge in [0.15, 0.2) is 6.29 Å². The first-order valence-corrected chi connectivity index (χ1v) is 17.4. The maximum absolute atomic E-state index is 13.3. The van der Waals surface area contributed by atoms with Crippen molar-refractivity contribution in [2.45, 2.75) is 75.6 Å². The molecule has 6 aliphatic rings. The zero-order valence-electron chi connectivity index (χ0n) is 27.0. The molecule has 4 bridgehead atoms. The lowest BCUT2D eigenvalue weighted by molar-refractivity contribution is -0.253. The van der Waals surface area contributed by atoms with Crippen LogP contribution in [0.15, 0.2) is 67.0 Å². The molecule has 3 unspecified atom stereocenters. The van der Waals surface area contributed by atoms with Gasteiger partial charge in [-0.05, 0) is 85.6 Å². The number of anilines is 2. The average molecular weight is 639 g/mol. The van der Waals surface area contributed by atoms with E-state index in [0.717, 1.165) is 104 Å². The monoisotopic (exact) mass is 638 g/mol. The van der Waals surface area contributed by atoms with Crippen molar-refractivity contribution >= 4 is 17.7 Å². The molecule has 0 radical (unpaired) electrons. The fourth-order valence-electron chi connectivity index (χ4n) is 9.34. The Morgan fingerprint density at radius 1 is 0.851 bits per heavy atom. The Labute approximate surface area is 276 Å². The highest BCUT2D eigenvalue weighted by Gasteiger charge is 2.51. The summed E-state index contributed by atoms with van der Waals surface area (Å²) < 4.78 is 13.3. The van der Waals surface area contributed by atoms with Crippen molar-refractivity contribution in [3.8, 4) is 0 Å². The molecule has 2 aromatic carbocycles. The molecule has 4 saturated carbocycles. The van der Waals surface area contributed by atoms with Gasteiger partial charge in [0.1, 0.15) is 0 Å². The van der Waals surface area contributed by atoms with Gasteiger partial charge in [-0.2, -0.15) is 0 Å². The van der Waals surface area contributed by atoms with Crippen LogP contribution in [0.25, 0.3) is 0 Å². The first kappa shape index (κ1) is 30.7. The Balaban J connectivity index is 0.948. The summed E-state index contributed by atoms with van der Waals surface area (Å²) >= 11 is 0. The van der Waals surface area contributed by atoms with Crippen LogP contribution in [-0.4, -0.2) is 70.4 Å². The van der Waals surface area contributed by atoms with Crippen LogP contribution < -0.4 is 15.5 Å². The number of hydrogen-bond donors (Lipinski definition) is 3. The highest BCUT2D eigenvalue weighted by molar-refractivity contribution is 5.90. The molecule has 2 saturated heterocycles. The zero-order valence-corrected chi connectivity index (χ0v) is 27.0. The number of nitrogens with one attached hydrogen (secondary N) is 2. The van der Waals surface area contributed by atoms with Gasteiger partial charge in [0, 0.05) is 68.3 Å².